The number of nitrogens with two attached hydrogens (primary N) is 1. The van der Waals surface area contributed by atoms with E-state index in [0.717, 1.165) is 12.8 Å². The summed E-state index contributed by atoms with van der Waals surface area (Å²) >= 11 is 0. The van der Waals surface area contributed by atoms with Crippen molar-refractivity contribution in [2.45, 2.75) is 31.6 Å². The summed E-state index contributed by atoms with van der Waals surface area (Å²) in [5.41, 5.74) is 2.32. The third-order valence-electron chi connectivity index (χ3n) is 2.47. The number of sulfonamides is 1. The van der Waals surface area contributed by atoms with Gasteiger partial charge in [0.05, 0.1) is 0 Å². The molecule has 3 N–H and O–H groups in total. The van der Waals surface area contributed by atoms with E-state index in [2.05, 4.69) is 10.4 Å². The molecule has 0 atom stereocenters. The van der Waals surface area contributed by atoms with Gasteiger partial charge in [-0.1, -0.05) is 13.8 Å². The number of nitrogens with one attached hydrogen (secondary N) is 1. The number of nitrogen functional groups attached to an aromatic ring is 1. The lowest BCUT2D eigenvalue weighted by molar-refractivity contribution is 0.410. The molecule has 102 valence electrons. The Morgan fingerprint density at radius 1 is 1.33 bits per heavy atom. The van der Waals surface area contributed by atoms with Crippen LogP contribution in [0, 0.1) is 0 Å². The van der Waals surface area contributed by atoms with Crippen molar-refractivity contribution >= 4 is 15.8 Å². The lowest BCUT2D eigenvalue weighted by atomic mass is 10.4. The predicted molar refractivity (Wildman–Crippen MR) is 71.4 cm³/mol. The van der Waals surface area contributed by atoms with Crippen LogP contribution in [0.2, 0.25) is 0 Å². The molecule has 0 saturated heterocycles. The summed E-state index contributed by atoms with van der Waals surface area (Å²) in [5, 5.41) is 0. The van der Waals surface area contributed by atoms with Gasteiger partial charge in [-0.3, -0.25) is 0 Å². The predicted octanol–water partition coefficient (Wildman–Crippen LogP) is 1.18. The first-order valence-electron chi connectivity index (χ1n) is 5.99. The lowest BCUT2D eigenvalue weighted by Gasteiger charge is -2.21. The molecular weight excluding hydrogens is 252 g/mol. The van der Waals surface area contributed by atoms with Crippen LogP contribution in [0.3, 0.4) is 0 Å². The average molecular weight is 272 g/mol. The summed E-state index contributed by atoms with van der Waals surface area (Å²) < 4.78 is 26.4. The van der Waals surface area contributed by atoms with E-state index >= 15 is 0 Å². The van der Waals surface area contributed by atoms with Crippen LogP contribution in [0.5, 0.6) is 0 Å². The fourth-order valence-corrected chi connectivity index (χ4v) is 3.43. The van der Waals surface area contributed by atoms with Crippen molar-refractivity contribution < 1.29 is 8.42 Å². The van der Waals surface area contributed by atoms with Crippen LogP contribution in [0.4, 0.5) is 5.82 Å². The molecule has 0 unspecified atom stereocenters. The van der Waals surface area contributed by atoms with Gasteiger partial charge in [0, 0.05) is 19.3 Å². The number of hydrogen-bond donors (Lipinski definition) is 2. The summed E-state index contributed by atoms with van der Waals surface area (Å²) in [6, 6.07) is 3.10. The van der Waals surface area contributed by atoms with Crippen molar-refractivity contribution in [3.8, 4) is 0 Å². The number of hydrogen-bond acceptors (Lipinski definition) is 5. The normalized spacial score (nSPS) is 11.8. The Kier molecular flexibility index (Phi) is 5.52. The molecule has 7 heteroatoms. The maximum absolute atomic E-state index is 12.5. The van der Waals surface area contributed by atoms with Crippen LogP contribution in [0.15, 0.2) is 23.2 Å². The molecule has 0 saturated carbocycles. The van der Waals surface area contributed by atoms with Crippen LogP contribution >= 0.6 is 0 Å². The molecule has 0 aromatic carbocycles. The number of nitrogens with zero attached hydrogens (tertiary/aromatic N) is 2. The molecule has 0 bridgehead atoms. The van der Waals surface area contributed by atoms with Gasteiger partial charge in [0.1, 0.15) is 4.90 Å². The maximum atomic E-state index is 12.5. The fraction of sp³-hybridized carbons (Fsp3) is 0.545. The van der Waals surface area contributed by atoms with Gasteiger partial charge < -0.3 is 5.43 Å². The monoisotopic (exact) mass is 272 g/mol. The molecule has 18 heavy (non-hydrogen) atoms. The van der Waals surface area contributed by atoms with E-state index in [1.165, 1.54) is 16.6 Å². The van der Waals surface area contributed by atoms with Crippen LogP contribution < -0.4 is 11.3 Å². The van der Waals surface area contributed by atoms with Gasteiger partial charge in [-0.05, 0) is 25.0 Å². The zero-order valence-corrected chi connectivity index (χ0v) is 11.6. The van der Waals surface area contributed by atoms with E-state index in [1.807, 2.05) is 13.8 Å². The van der Waals surface area contributed by atoms with Crippen LogP contribution in [-0.2, 0) is 10.0 Å². The number of aromatic nitrogens is 1. The Morgan fingerprint density at radius 2 is 1.94 bits per heavy atom. The van der Waals surface area contributed by atoms with E-state index in [9.17, 15) is 8.42 Å². The van der Waals surface area contributed by atoms with Gasteiger partial charge in [0.2, 0.25) is 10.0 Å². The van der Waals surface area contributed by atoms with Crippen molar-refractivity contribution in [3.63, 3.8) is 0 Å². The van der Waals surface area contributed by atoms with Crippen LogP contribution in [0.25, 0.3) is 0 Å². The van der Waals surface area contributed by atoms with Gasteiger partial charge in [0.25, 0.3) is 0 Å². The first-order valence-corrected chi connectivity index (χ1v) is 7.43. The molecule has 1 aromatic rings. The molecule has 0 fully saturated rings. The number of hydrazine groups is 1. The van der Waals surface area contributed by atoms with Crippen molar-refractivity contribution in [1.82, 2.24) is 9.29 Å². The molecular formula is C11H20N4O2S. The molecule has 6 nitrogen and oxygen atoms in total. The zero-order chi connectivity index (χ0) is 13.6. The second kappa shape index (κ2) is 6.67. The minimum Gasteiger partial charge on any atom is -0.307 e. The molecule has 0 aliphatic carbocycles. The maximum Gasteiger partial charge on any atom is 0.246 e. The highest BCUT2D eigenvalue weighted by atomic mass is 32.2. The number of pyridine rings is 1. The molecule has 0 radical (unpaired) electrons. The molecule has 0 amide bonds. The Morgan fingerprint density at radius 3 is 2.44 bits per heavy atom. The third kappa shape index (κ3) is 3.18. The first kappa shape index (κ1) is 14.9. The smallest absolute Gasteiger partial charge is 0.246 e. The van der Waals surface area contributed by atoms with Gasteiger partial charge in [0.15, 0.2) is 5.82 Å². The highest BCUT2D eigenvalue weighted by molar-refractivity contribution is 7.89. The SMILES string of the molecule is CCCN(CCC)S(=O)(=O)c1cccnc1NN. The summed E-state index contributed by atoms with van der Waals surface area (Å²) in [5.74, 6) is 5.48. The minimum atomic E-state index is -3.54. The van der Waals surface area contributed by atoms with E-state index in [-0.39, 0.29) is 10.7 Å². The second-order valence-electron chi connectivity index (χ2n) is 3.90. The summed E-state index contributed by atoms with van der Waals surface area (Å²) in [4.78, 5) is 4.04. The number of anilines is 1. The fourth-order valence-electron chi connectivity index (χ4n) is 1.70. The second-order valence-corrected chi connectivity index (χ2v) is 5.80. The Balaban J connectivity index is 3.17. The van der Waals surface area contributed by atoms with Gasteiger partial charge in [-0.15, -0.1) is 0 Å². The quantitative estimate of drug-likeness (QED) is 0.575. The highest BCUT2D eigenvalue weighted by Crippen LogP contribution is 2.22. The van der Waals surface area contributed by atoms with Crippen molar-refractivity contribution in [2.24, 2.45) is 5.84 Å². The van der Waals surface area contributed by atoms with Crippen molar-refractivity contribution in [1.29, 1.82) is 0 Å². The standard InChI is InChI=1S/C11H20N4O2S/c1-3-8-15(9-4-2)18(16,17)10-6-5-7-13-11(10)14-12/h5-7H,3-4,8-9,12H2,1-2H3,(H,13,14). The molecule has 0 spiro atoms. The van der Waals surface area contributed by atoms with E-state index < -0.39 is 10.0 Å². The Labute approximate surface area is 108 Å². The molecule has 1 rings (SSSR count). The van der Waals surface area contributed by atoms with Gasteiger partial charge in [-0.2, -0.15) is 4.31 Å². The van der Waals surface area contributed by atoms with Crippen LogP contribution in [-0.4, -0.2) is 30.8 Å². The van der Waals surface area contributed by atoms with Crippen molar-refractivity contribution in [2.75, 3.05) is 18.5 Å². The van der Waals surface area contributed by atoms with Crippen LogP contribution in [0.1, 0.15) is 26.7 Å². The van der Waals surface area contributed by atoms with Gasteiger partial charge in [-0.25, -0.2) is 19.2 Å². The van der Waals surface area contributed by atoms with Crippen molar-refractivity contribution in [3.05, 3.63) is 18.3 Å². The Bertz CT molecular complexity index is 470. The Hall–Kier alpha value is -1.18. The third-order valence-corrected chi connectivity index (χ3v) is 4.40. The molecule has 0 aliphatic rings. The summed E-state index contributed by atoms with van der Waals surface area (Å²) in [6.45, 7) is 4.89. The topological polar surface area (TPSA) is 88.3 Å². The molecule has 1 aromatic heterocycles. The average Bonchev–Trinajstić information content (AvgIpc) is 2.38. The lowest BCUT2D eigenvalue weighted by Crippen LogP contribution is -2.33. The largest absolute Gasteiger partial charge is 0.307 e. The zero-order valence-electron chi connectivity index (χ0n) is 10.8. The van der Waals surface area contributed by atoms with E-state index in [0.29, 0.717) is 13.1 Å². The van der Waals surface area contributed by atoms with E-state index in [4.69, 9.17) is 5.84 Å². The molecule has 0 aliphatic heterocycles. The minimum absolute atomic E-state index is 0.120. The van der Waals surface area contributed by atoms with Gasteiger partial charge >= 0.3 is 0 Å². The molecule has 1 heterocycles. The first-order chi connectivity index (χ1) is 8.57. The van der Waals surface area contributed by atoms with E-state index in [1.54, 1.807) is 6.07 Å². The highest BCUT2D eigenvalue weighted by Gasteiger charge is 2.26. The summed E-state index contributed by atoms with van der Waals surface area (Å²) in [7, 11) is -3.54. The summed E-state index contributed by atoms with van der Waals surface area (Å²) in [6.07, 6.45) is 3.04. The number of rotatable bonds is 7.